The summed E-state index contributed by atoms with van der Waals surface area (Å²) in [6, 6.07) is 14.1. The van der Waals surface area contributed by atoms with Crippen molar-refractivity contribution >= 4 is 32.5 Å². The number of aromatic nitrogens is 3. The molecule has 0 aliphatic carbocycles. The van der Waals surface area contributed by atoms with Gasteiger partial charge in [-0.3, -0.25) is 4.79 Å². The Kier molecular flexibility index (Phi) is 5.76. The highest BCUT2D eigenvalue weighted by Crippen LogP contribution is 2.32. The first-order valence-electron chi connectivity index (χ1n) is 11.1. The maximum absolute atomic E-state index is 13.5. The number of methoxy groups -OCH3 is 1. The van der Waals surface area contributed by atoms with Crippen molar-refractivity contribution in [3.63, 3.8) is 0 Å². The molecule has 2 aromatic carbocycles. The number of nitrogens with one attached hydrogen (secondary N) is 1. The second-order valence-corrected chi connectivity index (χ2v) is 10.8. The first kappa shape index (κ1) is 23.0. The quantitative estimate of drug-likeness (QED) is 0.447. The molecule has 0 unspecified atom stereocenters. The molecule has 180 valence electrons. The summed E-state index contributed by atoms with van der Waals surface area (Å²) in [6.07, 6.45) is 0.423. The Hall–Kier alpha value is -3.79. The van der Waals surface area contributed by atoms with Crippen LogP contribution >= 0.6 is 0 Å². The lowest BCUT2D eigenvalue weighted by molar-refractivity contribution is 0.102. The van der Waals surface area contributed by atoms with Crippen molar-refractivity contribution in [2.75, 3.05) is 23.9 Å². The lowest BCUT2D eigenvalue weighted by Gasteiger charge is -2.13. The number of nitrogens with zero attached hydrogens (tertiary/aromatic N) is 3. The second-order valence-electron chi connectivity index (χ2n) is 8.53. The van der Waals surface area contributed by atoms with Gasteiger partial charge >= 0.3 is 0 Å². The van der Waals surface area contributed by atoms with Crippen LogP contribution in [0.2, 0.25) is 0 Å². The van der Waals surface area contributed by atoms with Crippen LogP contribution in [0.4, 0.5) is 10.1 Å². The minimum Gasteiger partial charge on any atom is -0.497 e. The number of ether oxygens (including phenoxy) is 1. The van der Waals surface area contributed by atoms with Gasteiger partial charge in [-0.05, 0) is 55.8 Å². The fraction of sp³-hybridized carbons (Fsp3) is 0.240. The minimum absolute atomic E-state index is 0.0307. The molecule has 1 fully saturated rings. The Balaban J connectivity index is 1.66. The first-order valence-corrected chi connectivity index (χ1v) is 12.9. The third-order valence-corrected chi connectivity index (χ3v) is 7.85. The molecule has 10 heteroatoms. The van der Waals surface area contributed by atoms with Gasteiger partial charge in [-0.25, -0.2) is 22.5 Å². The van der Waals surface area contributed by atoms with Gasteiger partial charge in [0.2, 0.25) is 0 Å². The van der Waals surface area contributed by atoms with Crippen LogP contribution < -0.4 is 10.1 Å². The molecule has 0 spiro atoms. The standard InChI is InChI=1S/C25H23FN4O4S/c1-15-23-21(25(31)27-18-4-3-5-20(12-18)34-2)13-22(16-6-8-17(26)9-7-16)28-24(23)30(29-15)19-10-11-35(32,33)14-19/h3-9,12-13,19H,10-11,14H2,1-2H3,(H,27,31)/t19-/m0/s1. The Morgan fingerprint density at radius 3 is 2.63 bits per heavy atom. The predicted molar refractivity (Wildman–Crippen MR) is 131 cm³/mol. The molecule has 1 aliphatic heterocycles. The third kappa shape index (κ3) is 4.49. The summed E-state index contributed by atoms with van der Waals surface area (Å²) in [5.41, 5.74) is 2.94. The number of fused-ring (bicyclic) bond motifs is 1. The molecular formula is C25H23FN4O4S. The number of rotatable bonds is 5. The van der Waals surface area contributed by atoms with E-state index in [9.17, 15) is 17.6 Å². The van der Waals surface area contributed by atoms with Gasteiger partial charge in [-0.2, -0.15) is 5.10 Å². The van der Waals surface area contributed by atoms with Gasteiger partial charge in [0.05, 0.1) is 47.0 Å². The van der Waals surface area contributed by atoms with E-state index < -0.39 is 9.84 Å². The van der Waals surface area contributed by atoms with E-state index in [2.05, 4.69) is 10.4 Å². The van der Waals surface area contributed by atoms with E-state index in [-0.39, 0.29) is 29.3 Å². The summed E-state index contributed by atoms with van der Waals surface area (Å²) >= 11 is 0. The molecule has 0 bridgehead atoms. The Labute approximate surface area is 201 Å². The summed E-state index contributed by atoms with van der Waals surface area (Å²) in [4.78, 5) is 18.2. The third-order valence-electron chi connectivity index (χ3n) is 6.10. The largest absolute Gasteiger partial charge is 0.497 e. The summed E-state index contributed by atoms with van der Waals surface area (Å²) in [7, 11) is -1.62. The SMILES string of the molecule is COc1cccc(NC(=O)c2cc(-c3ccc(F)cc3)nc3c2c(C)nn3[C@H]2CCS(=O)(=O)C2)c1. The molecule has 3 heterocycles. The molecule has 8 nitrogen and oxygen atoms in total. The zero-order valence-electron chi connectivity index (χ0n) is 19.2. The Morgan fingerprint density at radius 1 is 1.17 bits per heavy atom. The lowest BCUT2D eigenvalue weighted by atomic mass is 10.0. The molecule has 5 rings (SSSR count). The van der Waals surface area contributed by atoms with Gasteiger partial charge in [-0.15, -0.1) is 0 Å². The van der Waals surface area contributed by atoms with Crippen LogP contribution in [0.15, 0.2) is 54.6 Å². The van der Waals surface area contributed by atoms with Crippen molar-refractivity contribution in [1.29, 1.82) is 0 Å². The number of anilines is 1. The first-order chi connectivity index (χ1) is 16.7. The van der Waals surface area contributed by atoms with Crippen molar-refractivity contribution in [1.82, 2.24) is 14.8 Å². The van der Waals surface area contributed by atoms with Crippen LogP contribution in [0, 0.1) is 12.7 Å². The fourth-order valence-corrected chi connectivity index (χ4v) is 6.07. The van der Waals surface area contributed by atoms with Crippen LogP contribution in [-0.4, -0.2) is 47.7 Å². The number of aryl methyl sites for hydroxylation is 1. The molecule has 1 amide bonds. The van der Waals surface area contributed by atoms with Gasteiger partial charge in [0, 0.05) is 17.3 Å². The molecule has 4 aromatic rings. The molecule has 35 heavy (non-hydrogen) atoms. The van der Waals surface area contributed by atoms with Crippen molar-refractivity contribution in [3.8, 4) is 17.0 Å². The zero-order valence-corrected chi connectivity index (χ0v) is 20.0. The van der Waals surface area contributed by atoms with Gasteiger partial charge in [0.25, 0.3) is 5.91 Å². The van der Waals surface area contributed by atoms with Gasteiger partial charge < -0.3 is 10.1 Å². The maximum Gasteiger partial charge on any atom is 0.256 e. The smallest absolute Gasteiger partial charge is 0.256 e. The van der Waals surface area contributed by atoms with E-state index in [1.54, 1.807) is 61.2 Å². The zero-order chi connectivity index (χ0) is 24.7. The molecule has 1 N–H and O–H groups in total. The number of amides is 1. The number of sulfone groups is 1. The fourth-order valence-electron chi connectivity index (χ4n) is 4.38. The molecule has 1 aliphatic rings. The number of hydrogen-bond acceptors (Lipinski definition) is 6. The van der Waals surface area contributed by atoms with E-state index in [0.29, 0.717) is 51.4 Å². The highest BCUT2D eigenvalue weighted by molar-refractivity contribution is 7.91. The Bertz CT molecular complexity index is 1550. The number of carbonyl (C=O) groups is 1. The summed E-state index contributed by atoms with van der Waals surface area (Å²) in [5.74, 6) is -0.115. The van der Waals surface area contributed by atoms with Crippen LogP contribution in [0.3, 0.4) is 0 Å². The van der Waals surface area contributed by atoms with E-state index >= 15 is 0 Å². The highest BCUT2D eigenvalue weighted by Gasteiger charge is 2.32. The topological polar surface area (TPSA) is 103 Å². The summed E-state index contributed by atoms with van der Waals surface area (Å²) < 4.78 is 44.7. The average molecular weight is 495 g/mol. The average Bonchev–Trinajstić information content (AvgIpc) is 3.37. The van der Waals surface area contributed by atoms with E-state index in [1.807, 2.05) is 0 Å². The molecule has 0 saturated carbocycles. The van der Waals surface area contributed by atoms with Crippen molar-refractivity contribution in [3.05, 3.63) is 71.7 Å². The number of halogens is 1. The molecular weight excluding hydrogens is 471 g/mol. The molecule has 1 saturated heterocycles. The lowest BCUT2D eigenvalue weighted by Crippen LogP contribution is -2.15. The highest BCUT2D eigenvalue weighted by atomic mass is 32.2. The van der Waals surface area contributed by atoms with Gasteiger partial charge in [0.15, 0.2) is 15.5 Å². The molecule has 0 radical (unpaired) electrons. The normalized spacial score (nSPS) is 16.9. The van der Waals surface area contributed by atoms with Crippen LogP contribution in [0.1, 0.15) is 28.5 Å². The molecule has 1 atom stereocenters. The number of benzene rings is 2. The van der Waals surface area contributed by atoms with Crippen LogP contribution in [-0.2, 0) is 9.84 Å². The van der Waals surface area contributed by atoms with E-state index in [4.69, 9.17) is 9.72 Å². The minimum atomic E-state index is -3.17. The number of carbonyl (C=O) groups excluding carboxylic acids is 1. The predicted octanol–water partition coefficient (Wildman–Crippen LogP) is 4.17. The van der Waals surface area contributed by atoms with Crippen LogP contribution in [0.25, 0.3) is 22.3 Å². The number of hydrogen-bond donors (Lipinski definition) is 1. The monoisotopic (exact) mass is 494 g/mol. The van der Waals surface area contributed by atoms with E-state index in [0.717, 1.165) is 0 Å². The number of pyridine rings is 1. The van der Waals surface area contributed by atoms with Crippen molar-refractivity contribution < 1.29 is 22.3 Å². The van der Waals surface area contributed by atoms with Crippen molar-refractivity contribution in [2.45, 2.75) is 19.4 Å². The van der Waals surface area contributed by atoms with Crippen LogP contribution in [0.5, 0.6) is 5.75 Å². The van der Waals surface area contributed by atoms with Crippen molar-refractivity contribution in [2.24, 2.45) is 0 Å². The summed E-state index contributed by atoms with van der Waals surface area (Å²) in [5, 5.41) is 8.03. The molecule has 2 aromatic heterocycles. The second kappa shape index (κ2) is 8.77. The maximum atomic E-state index is 13.5. The van der Waals surface area contributed by atoms with Gasteiger partial charge in [-0.1, -0.05) is 6.07 Å². The van der Waals surface area contributed by atoms with E-state index in [1.165, 1.54) is 12.1 Å². The summed E-state index contributed by atoms with van der Waals surface area (Å²) in [6.45, 7) is 1.77. The van der Waals surface area contributed by atoms with Gasteiger partial charge in [0.1, 0.15) is 11.6 Å². The Morgan fingerprint density at radius 2 is 1.94 bits per heavy atom.